The molecule has 0 bridgehead atoms. The molecule has 0 aliphatic heterocycles. The van der Waals surface area contributed by atoms with Gasteiger partial charge >= 0.3 is 0 Å². The minimum absolute atomic E-state index is 0.0488. The molecule has 0 aliphatic carbocycles. The van der Waals surface area contributed by atoms with Gasteiger partial charge in [-0.1, -0.05) is 64.7 Å². The minimum atomic E-state index is -0.0488. The lowest BCUT2D eigenvalue weighted by Crippen LogP contribution is -2.21. The fourth-order valence-corrected chi connectivity index (χ4v) is 2.43. The van der Waals surface area contributed by atoms with E-state index in [0.717, 1.165) is 13.0 Å². The monoisotopic (exact) mass is 305 g/mol. The van der Waals surface area contributed by atoms with Gasteiger partial charge in [-0.05, 0) is 24.6 Å². The van der Waals surface area contributed by atoms with Crippen LogP contribution in [-0.4, -0.2) is 12.5 Å². The lowest BCUT2D eigenvalue weighted by molar-refractivity contribution is -0.116. The molecule has 1 aromatic rings. The lowest BCUT2D eigenvalue weighted by atomic mass is 10.1. The SMILES string of the molecule is CCCCCCCCCCCCNC(=O)/C=C/c1ccco1. The molecule has 1 amide bonds. The summed E-state index contributed by atoms with van der Waals surface area (Å²) in [5, 5.41) is 2.90. The lowest BCUT2D eigenvalue weighted by Gasteiger charge is -2.03. The van der Waals surface area contributed by atoms with Crippen LogP contribution in [0.15, 0.2) is 28.9 Å². The first-order valence-corrected chi connectivity index (χ1v) is 8.82. The third kappa shape index (κ3) is 10.3. The highest BCUT2D eigenvalue weighted by Gasteiger charge is 1.96. The topological polar surface area (TPSA) is 42.2 Å². The van der Waals surface area contributed by atoms with E-state index in [1.165, 1.54) is 63.9 Å². The highest BCUT2D eigenvalue weighted by Crippen LogP contribution is 2.10. The third-order valence-electron chi connectivity index (χ3n) is 3.77. The number of carbonyl (C=O) groups excluding carboxylic acids is 1. The Morgan fingerprint density at radius 2 is 1.68 bits per heavy atom. The van der Waals surface area contributed by atoms with Gasteiger partial charge in [0.1, 0.15) is 5.76 Å². The average Bonchev–Trinajstić information content (AvgIpc) is 3.04. The molecule has 1 heterocycles. The van der Waals surface area contributed by atoms with Crippen LogP contribution in [0.4, 0.5) is 0 Å². The van der Waals surface area contributed by atoms with Crippen molar-refractivity contribution in [1.82, 2.24) is 5.32 Å². The smallest absolute Gasteiger partial charge is 0.244 e. The second-order valence-electron chi connectivity index (χ2n) is 5.82. The summed E-state index contributed by atoms with van der Waals surface area (Å²) < 4.78 is 5.13. The first-order valence-electron chi connectivity index (χ1n) is 8.82. The summed E-state index contributed by atoms with van der Waals surface area (Å²) in [5.74, 6) is 0.654. The standard InChI is InChI=1S/C19H31NO2/c1-2-3-4-5-6-7-8-9-10-11-16-20-19(21)15-14-18-13-12-17-22-18/h12-15,17H,2-11,16H2,1H3,(H,20,21)/b15-14+. The van der Waals surface area contributed by atoms with Crippen molar-refractivity contribution < 1.29 is 9.21 Å². The molecule has 1 aromatic heterocycles. The molecule has 22 heavy (non-hydrogen) atoms. The van der Waals surface area contributed by atoms with Gasteiger partial charge in [-0.15, -0.1) is 0 Å². The molecule has 0 aliphatic rings. The first kappa shape index (κ1) is 18.5. The second kappa shape index (κ2) is 13.2. The number of unbranched alkanes of at least 4 members (excludes halogenated alkanes) is 9. The Morgan fingerprint density at radius 1 is 1.05 bits per heavy atom. The Hall–Kier alpha value is -1.51. The maximum atomic E-state index is 11.6. The summed E-state index contributed by atoms with van der Waals surface area (Å²) in [4.78, 5) is 11.6. The molecule has 0 fully saturated rings. The Kier molecular flexibility index (Phi) is 11.1. The molecule has 3 heteroatoms. The highest BCUT2D eigenvalue weighted by molar-refractivity contribution is 5.91. The molecule has 0 atom stereocenters. The van der Waals surface area contributed by atoms with Crippen molar-refractivity contribution in [2.45, 2.75) is 71.1 Å². The van der Waals surface area contributed by atoms with Gasteiger partial charge in [0.25, 0.3) is 0 Å². The Bertz CT molecular complexity index is 396. The average molecular weight is 305 g/mol. The van der Waals surface area contributed by atoms with Gasteiger partial charge in [0, 0.05) is 12.6 Å². The van der Waals surface area contributed by atoms with E-state index in [0.29, 0.717) is 5.76 Å². The molecule has 0 spiro atoms. The summed E-state index contributed by atoms with van der Waals surface area (Å²) in [7, 11) is 0. The van der Waals surface area contributed by atoms with Crippen LogP contribution in [0.5, 0.6) is 0 Å². The van der Waals surface area contributed by atoms with Crippen LogP contribution in [0, 0.1) is 0 Å². The van der Waals surface area contributed by atoms with Crippen LogP contribution in [0.2, 0.25) is 0 Å². The van der Waals surface area contributed by atoms with E-state index in [4.69, 9.17) is 4.42 Å². The normalized spacial score (nSPS) is 11.1. The third-order valence-corrected chi connectivity index (χ3v) is 3.77. The largest absolute Gasteiger partial charge is 0.465 e. The number of furan rings is 1. The number of carbonyl (C=O) groups is 1. The molecule has 0 aromatic carbocycles. The van der Waals surface area contributed by atoms with Gasteiger partial charge < -0.3 is 9.73 Å². The molecule has 1 rings (SSSR count). The zero-order valence-electron chi connectivity index (χ0n) is 14.0. The Labute approximate surface area is 135 Å². The van der Waals surface area contributed by atoms with E-state index in [2.05, 4.69) is 12.2 Å². The zero-order valence-corrected chi connectivity index (χ0v) is 14.0. The van der Waals surface area contributed by atoms with Gasteiger partial charge in [-0.25, -0.2) is 0 Å². The van der Waals surface area contributed by atoms with Crippen LogP contribution < -0.4 is 5.32 Å². The Balaban J connectivity index is 1.86. The minimum Gasteiger partial charge on any atom is -0.465 e. The maximum Gasteiger partial charge on any atom is 0.244 e. The number of nitrogens with one attached hydrogen (secondary N) is 1. The van der Waals surface area contributed by atoms with Gasteiger partial charge in [-0.3, -0.25) is 4.79 Å². The van der Waals surface area contributed by atoms with Crippen LogP contribution in [-0.2, 0) is 4.79 Å². The van der Waals surface area contributed by atoms with Crippen LogP contribution >= 0.6 is 0 Å². The quantitative estimate of drug-likeness (QED) is 0.395. The first-order chi connectivity index (χ1) is 10.8. The summed E-state index contributed by atoms with van der Waals surface area (Å²) in [6.45, 7) is 3.02. The molecule has 1 N–H and O–H groups in total. The number of hydrogen-bond donors (Lipinski definition) is 1. The summed E-state index contributed by atoms with van der Waals surface area (Å²) in [5.41, 5.74) is 0. The van der Waals surface area contributed by atoms with Crippen molar-refractivity contribution in [3.63, 3.8) is 0 Å². The molecule has 0 saturated carbocycles. The van der Waals surface area contributed by atoms with Gasteiger partial charge in [-0.2, -0.15) is 0 Å². The molecule has 0 radical (unpaired) electrons. The molecular weight excluding hydrogens is 274 g/mol. The fraction of sp³-hybridized carbons (Fsp3) is 0.632. The van der Waals surface area contributed by atoms with Crippen molar-refractivity contribution in [2.24, 2.45) is 0 Å². The number of rotatable bonds is 13. The molecule has 0 saturated heterocycles. The fourth-order valence-electron chi connectivity index (χ4n) is 2.43. The van der Waals surface area contributed by atoms with Gasteiger partial charge in [0.15, 0.2) is 0 Å². The van der Waals surface area contributed by atoms with E-state index in [-0.39, 0.29) is 5.91 Å². The van der Waals surface area contributed by atoms with Gasteiger partial charge in [0.05, 0.1) is 6.26 Å². The van der Waals surface area contributed by atoms with Crippen molar-refractivity contribution >= 4 is 12.0 Å². The highest BCUT2D eigenvalue weighted by atomic mass is 16.3. The van der Waals surface area contributed by atoms with Crippen LogP contribution in [0.1, 0.15) is 76.9 Å². The second-order valence-corrected chi connectivity index (χ2v) is 5.82. The van der Waals surface area contributed by atoms with Crippen LogP contribution in [0.3, 0.4) is 0 Å². The predicted molar refractivity (Wildman–Crippen MR) is 92.6 cm³/mol. The molecule has 124 valence electrons. The number of amides is 1. The van der Waals surface area contributed by atoms with Crippen molar-refractivity contribution in [2.75, 3.05) is 6.54 Å². The number of hydrogen-bond acceptors (Lipinski definition) is 2. The molecular formula is C19H31NO2. The maximum absolute atomic E-state index is 11.6. The van der Waals surface area contributed by atoms with Gasteiger partial charge in [0.2, 0.25) is 5.91 Å². The molecule has 0 unspecified atom stereocenters. The summed E-state index contributed by atoms with van der Waals surface area (Å²) in [6.07, 6.45) is 17.9. The van der Waals surface area contributed by atoms with E-state index in [1.807, 2.05) is 6.07 Å². The zero-order chi connectivity index (χ0) is 15.9. The summed E-state index contributed by atoms with van der Waals surface area (Å²) >= 11 is 0. The predicted octanol–water partition coefficient (Wildman–Crippen LogP) is 5.33. The summed E-state index contributed by atoms with van der Waals surface area (Å²) in [6, 6.07) is 3.63. The Morgan fingerprint density at radius 3 is 2.27 bits per heavy atom. The van der Waals surface area contributed by atoms with Crippen molar-refractivity contribution in [1.29, 1.82) is 0 Å². The van der Waals surface area contributed by atoms with E-state index in [9.17, 15) is 4.79 Å². The van der Waals surface area contributed by atoms with E-state index in [1.54, 1.807) is 18.4 Å². The van der Waals surface area contributed by atoms with Crippen molar-refractivity contribution in [3.8, 4) is 0 Å². The van der Waals surface area contributed by atoms with E-state index < -0.39 is 0 Å². The molecule has 3 nitrogen and oxygen atoms in total. The van der Waals surface area contributed by atoms with Crippen LogP contribution in [0.25, 0.3) is 6.08 Å². The van der Waals surface area contributed by atoms with Crippen molar-refractivity contribution in [3.05, 3.63) is 30.2 Å². The van der Waals surface area contributed by atoms with E-state index >= 15 is 0 Å².